The van der Waals surface area contributed by atoms with Crippen LogP contribution in [0.4, 0.5) is 11.4 Å². The van der Waals surface area contributed by atoms with Crippen LogP contribution in [0, 0.1) is 0 Å². The predicted molar refractivity (Wildman–Crippen MR) is 115 cm³/mol. The first-order chi connectivity index (χ1) is 13.7. The van der Waals surface area contributed by atoms with E-state index in [0.717, 1.165) is 6.26 Å². The molecule has 0 spiro atoms. The number of carbonyl (C=O) groups excluding carboxylic acids is 1. The van der Waals surface area contributed by atoms with E-state index in [-0.39, 0.29) is 5.91 Å². The molecule has 0 fully saturated rings. The summed E-state index contributed by atoms with van der Waals surface area (Å²) in [7, 11) is -1.86. The Hall–Kier alpha value is -3.00. The second kappa shape index (κ2) is 9.97. The van der Waals surface area contributed by atoms with Crippen molar-refractivity contribution in [2.24, 2.45) is 0 Å². The lowest BCUT2D eigenvalue weighted by molar-refractivity contribution is -0.122. The van der Waals surface area contributed by atoms with Crippen LogP contribution < -0.4 is 19.1 Å². The monoisotopic (exact) mass is 418 g/mol. The van der Waals surface area contributed by atoms with Gasteiger partial charge in [-0.1, -0.05) is 19.6 Å². The number of hydrogen-bond donors (Lipinski definition) is 1. The molecule has 29 heavy (non-hydrogen) atoms. The molecular formula is C21H26N2O5S. The SMILES string of the molecule is C=CCOc1ccc(NC(=O)[C@H](CC)Oc2ccc(N(C)S(C)(=O)=O)cc2)cc1. The normalized spacial score (nSPS) is 12.0. The van der Waals surface area contributed by atoms with Crippen molar-refractivity contribution >= 4 is 27.3 Å². The summed E-state index contributed by atoms with van der Waals surface area (Å²) in [6.45, 7) is 5.86. The largest absolute Gasteiger partial charge is 0.490 e. The molecule has 1 amide bonds. The van der Waals surface area contributed by atoms with Crippen LogP contribution in [0.5, 0.6) is 11.5 Å². The molecule has 1 N–H and O–H groups in total. The van der Waals surface area contributed by atoms with Crippen LogP contribution in [-0.2, 0) is 14.8 Å². The molecule has 0 aliphatic rings. The third kappa shape index (κ3) is 6.53. The van der Waals surface area contributed by atoms with Crippen LogP contribution in [0.3, 0.4) is 0 Å². The molecule has 0 saturated carbocycles. The van der Waals surface area contributed by atoms with Gasteiger partial charge in [0.2, 0.25) is 10.0 Å². The van der Waals surface area contributed by atoms with Crippen molar-refractivity contribution in [2.45, 2.75) is 19.4 Å². The number of ether oxygens (including phenoxy) is 2. The van der Waals surface area contributed by atoms with Gasteiger partial charge in [0, 0.05) is 12.7 Å². The molecule has 156 valence electrons. The maximum atomic E-state index is 12.5. The van der Waals surface area contributed by atoms with Crippen LogP contribution in [0.25, 0.3) is 0 Å². The average molecular weight is 419 g/mol. The first-order valence-electron chi connectivity index (χ1n) is 9.09. The van der Waals surface area contributed by atoms with Gasteiger partial charge in [0.15, 0.2) is 6.10 Å². The lowest BCUT2D eigenvalue weighted by Gasteiger charge is -2.19. The van der Waals surface area contributed by atoms with Crippen LogP contribution >= 0.6 is 0 Å². The van der Waals surface area contributed by atoms with Gasteiger partial charge < -0.3 is 14.8 Å². The molecule has 7 nitrogen and oxygen atoms in total. The molecule has 2 rings (SSSR count). The third-order valence-corrected chi connectivity index (χ3v) is 5.33. The highest BCUT2D eigenvalue weighted by Gasteiger charge is 2.19. The zero-order valence-electron chi connectivity index (χ0n) is 16.8. The molecule has 2 aromatic carbocycles. The lowest BCUT2D eigenvalue weighted by atomic mass is 10.2. The van der Waals surface area contributed by atoms with Crippen molar-refractivity contribution in [1.29, 1.82) is 0 Å². The molecule has 0 aromatic heterocycles. The zero-order valence-corrected chi connectivity index (χ0v) is 17.6. The Morgan fingerprint density at radius 2 is 1.72 bits per heavy atom. The number of hydrogen-bond acceptors (Lipinski definition) is 5. The highest BCUT2D eigenvalue weighted by atomic mass is 32.2. The van der Waals surface area contributed by atoms with Gasteiger partial charge in [-0.25, -0.2) is 8.42 Å². The van der Waals surface area contributed by atoms with Gasteiger partial charge in [0.25, 0.3) is 5.91 Å². The molecule has 0 bridgehead atoms. The fourth-order valence-electron chi connectivity index (χ4n) is 2.43. The topological polar surface area (TPSA) is 84.9 Å². The van der Waals surface area contributed by atoms with E-state index < -0.39 is 16.1 Å². The second-order valence-electron chi connectivity index (χ2n) is 6.35. The van der Waals surface area contributed by atoms with Crippen LogP contribution in [0.15, 0.2) is 61.2 Å². The zero-order chi connectivity index (χ0) is 21.4. The number of sulfonamides is 1. The van der Waals surface area contributed by atoms with Crippen LogP contribution in [0.1, 0.15) is 13.3 Å². The Morgan fingerprint density at radius 3 is 2.24 bits per heavy atom. The van der Waals surface area contributed by atoms with Gasteiger partial charge in [0.1, 0.15) is 18.1 Å². The summed E-state index contributed by atoms with van der Waals surface area (Å²) in [6, 6.07) is 13.6. The summed E-state index contributed by atoms with van der Waals surface area (Å²) in [4.78, 5) is 12.5. The van der Waals surface area contributed by atoms with E-state index in [9.17, 15) is 13.2 Å². The molecule has 8 heteroatoms. The summed E-state index contributed by atoms with van der Waals surface area (Å²) in [5.74, 6) is 0.890. The number of benzene rings is 2. The number of amides is 1. The Balaban J connectivity index is 2.00. The van der Waals surface area contributed by atoms with E-state index in [1.54, 1.807) is 54.6 Å². The van der Waals surface area contributed by atoms with Crippen LogP contribution in [-0.4, -0.2) is 40.3 Å². The van der Waals surface area contributed by atoms with Crippen molar-refractivity contribution in [3.8, 4) is 11.5 Å². The highest BCUT2D eigenvalue weighted by molar-refractivity contribution is 7.92. The van der Waals surface area contributed by atoms with Gasteiger partial charge in [-0.05, 0) is 55.0 Å². The molecule has 0 aliphatic heterocycles. The fraction of sp³-hybridized carbons (Fsp3) is 0.286. The summed E-state index contributed by atoms with van der Waals surface area (Å²) >= 11 is 0. The Morgan fingerprint density at radius 1 is 1.14 bits per heavy atom. The quantitative estimate of drug-likeness (QED) is 0.598. The summed E-state index contributed by atoms with van der Waals surface area (Å²) in [5, 5.41) is 2.82. The summed E-state index contributed by atoms with van der Waals surface area (Å²) in [5.41, 5.74) is 1.14. The van der Waals surface area contributed by atoms with Crippen LogP contribution in [0.2, 0.25) is 0 Å². The Kier molecular flexibility index (Phi) is 7.67. The minimum atomic E-state index is -3.34. The minimum absolute atomic E-state index is 0.274. The van der Waals surface area contributed by atoms with Gasteiger partial charge >= 0.3 is 0 Å². The Bertz CT molecular complexity index is 925. The van der Waals surface area contributed by atoms with Gasteiger partial charge in [-0.15, -0.1) is 0 Å². The highest BCUT2D eigenvalue weighted by Crippen LogP contribution is 2.22. The average Bonchev–Trinajstić information content (AvgIpc) is 2.70. The number of carbonyl (C=O) groups is 1. The third-order valence-electron chi connectivity index (χ3n) is 4.13. The molecule has 0 radical (unpaired) electrons. The van der Waals surface area contributed by atoms with E-state index >= 15 is 0 Å². The second-order valence-corrected chi connectivity index (χ2v) is 8.37. The first-order valence-corrected chi connectivity index (χ1v) is 10.9. The molecule has 0 aliphatic carbocycles. The van der Waals surface area contributed by atoms with Crippen molar-refractivity contribution in [2.75, 3.05) is 29.5 Å². The number of nitrogens with one attached hydrogen (secondary N) is 1. The summed E-state index contributed by atoms with van der Waals surface area (Å²) < 4.78 is 35.6. The fourth-order valence-corrected chi connectivity index (χ4v) is 2.93. The number of rotatable bonds is 10. The van der Waals surface area contributed by atoms with Crippen molar-refractivity contribution in [3.05, 3.63) is 61.2 Å². The maximum absolute atomic E-state index is 12.5. The Labute approximate surface area is 172 Å². The minimum Gasteiger partial charge on any atom is -0.490 e. The van der Waals surface area contributed by atoms with Crippen molar-refractivity contribution < 1.29 is 22.7 Å². The van der Waals surface area contributed by atoms with Gasteiger partial charge in [-0.2, -0.15) is 0 Å². The van der Waals surface area contributed by atoms with E-state index in [1.165, 1.54) is 11.4 Å². The molecule has 1 atom stereocenters. The van der Waals surface area contributed by atoms with Crippen molar-refractivity contribution in [3.63, 3.8) is 0 Å². The number of anilines is 2. The smallest absolute Gasteiger partial charge is 0.265 e. The standard InChI is InChI=1S/C21H26N2O5S/c1-5-15-27-18-11-7-16(8-12-18)22-21(24)20(6-2)28-19-13-9-17(10-14-19)23(3)29(4,25)26/h5,7-14,20H,1,6,15H2,2-4H3,(H,22,24)/t20-/m0/s1. The molecule has 2 aromatic rings. The maximum Gasteiger partial charge on any atom is 0.265 e. The van der Waals surface area contributed by atoms with Crippen molar-refractivity contribution in [1.82, 2.24) is 0 Å². The number of nitrogens with zero attached hydrogens (tertiary/aromatic N) is 1. The lowest BCUT2D eigenvalue weighted by Crippen LogP contribution is -2.32. The predicted octanol–water partition coefficient (Wildman–Crippen LogP) is 3.44. The molecule has 0 unspecified atom stereocenters. The van der Waals surface area contributed by atoms with E-state index in [2.05, 4.69) is 11.9 Å². The summed E-state index contributed by atoms with van der Waals surface area (Å²) in [6.07, 6.45) is 2.57. The molecule has 0 heterocycles. The molecular weight excluding hydrogens is 392 g/mol. The van der Waals surface area contributed by atoms with E-state index in [4.69, 9.17) is 9.47 Å². The van der Waals surface area contributed by atoms with E-state index in [1.807, 2.05) is 6.92 Å². The van der Waals surface area contributed by atoms with E-state index in [0.29, 0.717) is 35.9 Å². The van der Waals surface area contributed by atoms with Gasteiger partial charge in [0.05, 0.1) is 11.9 Å². The van der Waals surface area contributed by atoms with Gasteiger partial charge in [-0.3, -0.25) is 9.10 Å². The molecule has 0 saturated heterocycles. The first kappa shape index (κ1) is 22.3.